The van der Waals surface area contributed by atoms with Gasteiger partial charge in [0, 0.05) is 0 Å². The minimum Gasteiger partial charge on any atom is -0.395 e. The van der Waals surface area contributed by atoms with E-state index >= 15 is 0 Å². The van der Waals surface area contributed by atoms with Crippen LogP contribution in [0.1, 0.15) is 43.9 Å². The third-order valence-corrected chi connectivity index (χ3v) is 2.50. The third-order valence-electron chi connectivity index (χ3n) is 2.50. The smallest absolute Gasteiger partial charge is 0.300 e. The second-order valence-electron chi connectivity index (χ2n) is 5.40. The summed E-state index contributed by atoms with van der Waals surface area (Å²) in [6.07, 6.45) is 0.707. The second-order valence-corrected chi connectivity index (χ2v) is 5.40. The number of nitrogen functional groups attached to an aromatic ring is 1. The number of nitrogens with one attached hydrogen (secondary N) is 1. The number of aromatic nitrogens is 2. The zero-order valence-electron chi connectivity index (χ0n) is 11.7. The fourth-order valence-corrected chi connectivity index (χ4v) is 1.59. The van der Waals surface area contributed by atoms with Gasteiger partial charge < -0.3 is 5.73 Å². The van der Waals surface area contributed by atoms with Crippen molar-refractivity contribution in [3.63, 3.8) is 0 Å². The molecular formula is C12H22N4O2. The van der Waals surface area contributed by atoms with Crippen molar-refractivity contribution < 1.29 is 9.63 Å². The van der Waals surface area contributed by atoms with Crippen LogP contribution in [0.4, 0.5) is 5.69 Å². The van der Waals surface area contributed by atoms with Gasteiger partial charge in [-0.1, -0.05) is 27.7 Å². The van der Waals surface area contributed by atoms with Gasteiger partial charge in [0.05, 0.1) is 25.0 Å². The number of rotatable bonds is 4. The first-order valence-corrected chi connectivity index (χ1v) is 5.98. The van der Waals surface area contributed by atoms with E-state index < -0.39 is 0 Å². The number of aryl methyl sites for hydroxylation is 1. The van der Waals surface area contributed by atoms with Crippen molar-refractivity contribution in [1.82, 2.24) is 15.3 Å². The summed E-state index contributed by atoms with van der Waals surface area (Å²) in [7, 11) is 1.47. The number of nitrogens with two attached hydrogens (primary N) is 1. The summed E-state index contributed by atoms with van der Waals surface area (Å²) in [6, 6.07) is 0. The lowest BCUT2D eigenvalue weighted by atomic mass is 9.97. The van der Waals surface area contributed by atoms with E-state index in [4.69, 9.17) is 10.6 Å². The molecule has 6 nitrogen and oxygen atoms in total. The van der Waals surface area contributed by atoms with Gasteiger partial charge in [0.1, 0.15) is 0 Å². The molecule has 1 rings (SSSR count). The highest BCUT2D eigenvalue weighted by Crippen LogP contribution is 2.20. The van der Waals surface area contributed by atoms with Crippen molar-refractivity contribution in [2.24, 2.45) is 5.41 Å². The largest absolute Gasteiger partial charge is 0.395 e. The first kappa shape index (κ1) is 14.5. The van der Waals surface area contributed by atoms with Gasteiger partial charge in [-0.25, -0.2) is 5.06 Å². The molecule has 0 fully saturated rings. The number of carbonyl (C=O) groups is 1. The Morgan fingerprint density at radius 1 is 1.50 bits per heavy atom. The van der Waals surface area contributed by atoms with E-state index in [0.717, 1.165) is 5.69 Å². The fourth-order valence-electron chi connectivity index (χ4n) is 1.59. The van der Waals surface area contributed by atoms with Crippen molar-refractivity contribution in [2.75, 3.05) is 19.4 Å². The quantitative estimate of drug-likeness (QED) is 0.799. The van der Waals surface area contributed by atoms with Crippen LogP contribution in [-0.2, 0) is 11.3 Å². The highest BCUT2D eigenvalue weighted by Gasteiger charge is 2.26. The van der Waals surface area contributed by atoms with E-state index in [0.29, 0.717) is 18.7 Å². The van der Waals surface area contributed by atoms with E-state index in [1.165, 1.54) is 12.2 Å². The number of nitrogens with zero attached hydrogens (tertiary/aromatic N) is 2. The third kappa shape index (κ3) is 3.22. The van der Waals surface area contributed by atoms with Crippen LogP contribution in [0.2, 0.25) is 0 Å². The first-order chi connectivity index (χ1) is 8.30. The number of hydrogen-bond acceptors (Lipinski definition) is 4. The maximum atomic E-state index is 12.2. The van der Waals surface area contributed by atoms with Gasteiger partial charge in [0.25, 0.3) is 5.91 Å². The van der Waals surface area contributed by atoms with E-state index in [-0.39, 0.29) is 17.0 Å². The highest BCUT2D eigenvalue weighted by atomic mass is 16.7. The molecule has 6 heteroatoms. The Bertz CT molecular complexity index is 420. The summed E-state index contributed by atoms with van der Waals surface area (Å²) < 4.78 is 0. The number of hydroxylamine groups is 2. The average molecular weight is 254 g/mol. The second kappa shape index (κ2) is 5.39. The maximum absolute atomic E-state index is 12.2. The lowest BCUT2D eigenvalue weighted by Gasteiger charge is -2.27. The normalized spacial score (nSPS) is 11.6. The zero-order valence-corrected chi connectivity index (χ0v) is 11.7. The van der Waals surface area contributed by atoms with E-state index in [1.807, 2.05) is 27.7 Å². The SMILES string of the molecule is CCc1[nH]nc(C(=O)N(CC(C)(C)C)OC)c1N. The molecule has 102 valence electrons. The summed E-state index contributed by atoms with van der Waals surface area (Å²) in [6.45, 7) is 8.49. The van der Waals surface area contributed by atoms with Crippen LogP contribution in [0.3, 0.4) is 0 Å². The summed E-state index contributed by atoms with van der Waals surface area (Å²) in [5, 5.41) is 8.02. The van der Waals surface area contributed by atoms with Crippen molar-refractivity contribution in [3.05, 3.63) is 11.4 Å². The molecule has 0 aliphatic heterocycles. The van der Waals surface area contributed by atoms with Crippen LogP contribution in [0.15, 0.2) is 0 Å². The predicted molar refractivity (Wildman–Crippen MR) is 69.9 cm³/mol. The Balaban J connectivity index is 2.93. The number of anilines is 1. The molecule has 0 aliphatic rings. The monoisotopic (exact) mass is 254 g/mol. The molecule has 18 heavy (non-hydrogen) atoms. The minimum atomic E-state index is -0.319. The molecule has 0 radical (unpaired) electrons. The Kier molecular flexibility index (Phi) is 4.34. The van der Waals surface area contributed by atoms with Gasteiger partial charge in [0.15, 0.2) is 5.69 Å². The topological polar surface area (TPSA) is 84.2 Å². The van der Waals surface area contributed by atoms with Crippen molar-refractivity contribution in [2.45, 2.75) is 34.1 Å². The number of amides is 1. The highest BCUT2D eigenvalue weighted by molar-refractivity contribution is 5.97. The van der Waals surface area contributed by atoms with Crippen molar-refractivity contribution in [3.8, 4) is 0 Å². The molecule has 0 saturated heterocycles. The number of aromatic amines is 1. The van der Waals surface area contributed by atoms with Crippen LogP contribution in [0.25, 0.3) is 0 Å². The lowest BCUT2D eigenvalue weighted by molar-refractivity contribution is -0.110. The molecule has 1 aromatic rings. The van der Waals surface area contributed by atoms with Crippen LogP contribution >= 0.6 is 0 Å². The van der Waals surface area contributed by atoms with Crippen molar-refractivity contribution in [1.29, 1.82) is 0 Å². The van der Waals surface area contributed by atoms with Gasteiger partial charge in [-0.15, -0.1) is 0 Å². The predicted octanol–water partition coefficient (Wildman–Crippen LogP) is 1.60. The first-order valence-electron chi connectivity index (χ1n) is 5.98. The van der Waals surface area contributed by atoms with Crippen LogP contribution in [0, 0.1) is 5.41 Å². The zero-order chi connectivity index (χ0) is 13.9. The Morgan fingerprint density at radius 3 is 2.50 bits per heavy atom. The van der Waals surface area contributed by atoms with Gasteiger partial charge in [-0.2, -0.15) is 5.10 Å². The molecule has 3 N–H and O–H groups in total. The van der Waals surface area contributed by atoms with Crippen molar-refractivity contribution >= 4 is 11.6 Å². The van der Waals surface area contributed by atoms with Gasteiger partial charge in [-0.3, -0.25) is 14.7 Å². The molecular weight excluding hydrogens is 232 g/mol. The number of H-pyrrole nitrogens is 1. The molecule has 1 heterocycles. The summed E-state index contributed by atoms with van der Waals surface area (Å²) in [4.78, 5) is 17.4. The Morgan fingerprint density at radius 2 is 2.11 bits per heavy atom. The molecule has 0 spiro atoms. The summed E-state index contributed by atoms with van der Waals surface area (Å²) >= 11 is 0. The summed E-state index contributed by atoms with van der Waals surface area (Å²) in [5.41, 5.74) is 7.20. The molecule has 0 saturated carbocycles. The fraction of sp³-hybridized carbons (Fsp3) is 0.667. The van der Waals surface area contributed by atoms with Crippen LogP contribution in [0.5, 0.6) is 0 Å². The van der Waals surface area contributed by atoms with Crippen LogP contribution < -0.4 is 5.73 Å². The molecule has 0 unspecified atom stereocenters. The van der Waals surface area contributed by atoms with Crippen LogP contribution in [-0.4, -0.2) is 34.8 Å². The van der Waals surface area contributed by atoms with Gasteiger partial charge in [0.2, 0.25) is 0 Å². The lowest BCUT2D eigenvalue weighted by Crippen LogP contribution is -2.37. The van der Waals surface area contributed by atoms with Gasteiger partial charge in [-0.05, 0) is 11.8 Å². The maximum Gasteiger partial charge on any atom is 0.300 e. The Hall–Kier alpha value is -1.56. The molecule has 1 amide bonds. The average Bonchev–Trinajstić information content (AvgIpc) is 2.65. The standard InChI is InChI=1S/C12H22N4O2/c1-6-8-9(13)10(15-14-8)11(17)16(18-5)7-12(2,3)4/h6-7,13H2,1-5H3,(H,14,15). The molecule has 0 aromatic carbocycles. The van der Waals surface area contributed by atoms with E-state index in [9.17, 15) is 4.79 Å². The summed E-state index contributed by atoms with van der Waals surface area (Å²) in [5.74, 6) is -0.319. The molecule has 0 atom stereocenters. The number of hydrogen-bond donors (Lipinski definition) is 2. The van der Waals surface area contributed by atoms with E-state index in [1.54, 1.807) is 0 Å². The molecule has 0 bridgehead atoms. The van der Waals surface area contributed by atoms with Gasteiger partial charge >= 0.3 is 0 Å². The molecule has 1 aromatic heterocycles. The minimum absolute atomic E-state index is 0.0652. The Labute approximate surface area is 107 Å². The number of carbonyl (C=O) groups excluding carboxylic acids is 1. The van der Waals surface area contributed by atoms with E-state index in [2.05, 4.69) is 10.2 Å². The molecule has 0 aliphatic carbocycles.